The van der Waals surface area contributed by atoms with Gasteiger partial charge in [-0.1, -0.05) is 11.6 Å². The number of hydrogen-bond donors (Lipinski definition) is 1. The van der Waals surface area contributed by atoms with Crippen molar-refractivity contribution in [3.8, 4) is 0 Å². The molecule has 0 aliphatic heterocycles. The predicted molar refractivity (Wildman–Crippen MR) is 83.7 cm³/mol. The second-order valence-electron chi connectivity index (χ2n) is 4.49. The van der Waals surface area contributed by atoms with E-state index in [0.29, 0.717) is 5.69 Å². The topological polar surface area (TPSA) is 92.8 Å². The zero-order valence-corrected chi connectivity index (χ0v) is 14.0. The third-order valence-corrected chi connectivity index (χ3v) is 3.79. The van der Waals surface area contributed by atoms with E-state index < -0.39 is 16.0 Å². The van der Waals surface area contributed by atoms with Crippen LogP contribution in [-0.4, -0.2) is 46.7 Å². The third-order valence-electron chi connectivity index (χ3n) is 2.74. The summed E-state index contributed by atoms with van der Waals surface area (Å²) in [4.78, 5) is 24.6. The number of amides is 1. The van der Waals surface area contributed by atoms with Gasteiger partial charge in [0.05, 0.1) is 29.6 Å². The highest BCUT2D eigenvalue weighted by Gasteiger charge is 2.18. The van der Waals surface area contributed by atoms with Crippen LogP contribution in [0.3, 0.4) is 0 Å². The van der Waals surface area contributed by atoms with Gasteiger partial charge in [-0.05, 0) is 18.2 Å². The molecule has 9 heteroatoms. The van der Waals surface area contributed by atoms with Gasteiger partial charge in [-0.3, -0.25) is 4.79 Å². The number of nitrogens with zero attached hydrogens (tertiary/aromatic N) is 1. The molecule has 0 radical (unpaired) electrons. The molecule has 0 bridgehead atoms. The van der Waals surface area contributed by atoms with Gasteiger partial charge in [0.15, 0.2) is 0 Å². The summed E-state index contributed by atoms with van der Waals surface area (Å²) in [6.45, 7) is 1.42. The number of anilines is 1. The molecule has 0 saturated carbocycles. The molecule has 1 aromatic rings. The minimum absolute atomic E-state index is 0.0250. The summed E-state index contributed by atoms with van der Waals surface area (Å²) < 4.78 is 29.0. The lowest BCUT2D eigenvalue weighted by atomic mass is 10.2. The molecule has 0 atom stereocenters. The second kappa shape index (κ2) is 7.57. The van der Waals surface area contributed by atoms with Crippen LogP contribution in [0.25, 0.3) is 0 Å². The Hall–Kier alpha value is -1.64. The Bertz CT molecular complexity index is 675. The van der Waals surface area contributed by atoms with Crippen molar-refractivity contribution in [2.45, 2.75) is 6.92 Å². The van der Waals surface area contributed by atoms with E-state index in [0.717, 1.165) is 6.26 Å². The first-order chi connectivity index (χ1) is 10.2. The minimum Gasteiger partial charge on any atom is -0.465 e. The van der Waals surface area contributed by atoms with Gasteiger partial charge in [0.1, 0.15) is 0 Å². The molecular formula is C13H17ClN2O5S. The van der Waals surface area contributed by atoms with Gasteiger partial charge in [-0.25, -0.2) is 17.9 Å². The van der Waals surface area contributed by atoms with E-state index in [1.807, 2.05) is 0 Å². The number of nitrogens with one attached hydrogen (secondary N) is 1. The Balaban J connectivity index is 3.05. The van der Waals surface area contributed by atoms with Crippen molar-refractivity contribution in [2.24, 2.45) is 0 Å². The van der Waals surface area contributed by atoms with Gasteiger partial charge in [0, 0.05) is 20.0 Å². The summed E-state index contributed by atoms with van der Waals surface area (Å²) in [7, 11) is -2.11. The SMILES string of the molecule is COC(=O)c1ccc(Cl)c(N(CCNS(C)(=O)=O)C(C)=O)c1. The number of esters is 1. The van der Waals surface area contributed by atoms with E-state index in [-0.39, 0.29) is 29.6 Å². The third kappa shape index (κ3) is 5.28. The van der Waals surface area contributed by atoms with Crippen LogP contribution in [0.5, 0.6) is 0 Å². The van der Waals surface area contributed by atoms with Gasteiger partial charge in [-0.2, -0.15) is 0 Å². The summed E-state index contributed by atoms with van der Waals surface area (Å²) in [6.07, 6.45) is 1.02. The van der Waals surface area contributed by atoms with Crippen LogP contribution < -0.4 is 9.62 Å². The van der Waals surface area contributed by atoms with E-state index in [4.69, 9.17) is 11.6 Å². The average molecular weight is 349 g/mol. The molecule has 0 aliphatic carbocycles. The fraction of sp³-hybridized carbons (Fsp3) is 0.385. The molecule has 0 saturated heterocycles. The molecule has 1 amide bonds. The standard InChI is InChI=1S/C13H17ClN2O5S/c1-9(17)16(7-6-15-22(3,19)20)12-8-10(13(18)21-2)4-5-11(12)14/h4-5,8,15H,6-7H2,1-3H3. The maximum absolute atomic E-state index is 11.8. The molecule has 122 valence electrons. The summed E-state index contributed by atoms with van der Waals surface area (Å²) in [5.74, 6) is -0.894. The summed E-state index contributed by atoms with van der Waals surface area (Å²) in [5.41, 5.74) is 0.552. The Morgan fingerprint density at radius 2 is 2.00 bits per heavy atom. The number of methoxy groups -OCH3 is 1. The quantitative estimate of drug-likeness (QED) is 0.775. The molecule has 0 fully saturated rings. The number of rotatable bonds is 6. The molecule has 1 rings (SSSR count). The average Bonchev–Trinajstić information content (AvgIpc) is 2.42. The number of benzene rings is 1. The lowest BCUT2D eigenvalue weighted by Gasteiger charge is -2.22. The highest BCUT2D eigenvalue weighted by molar-refractivity contribution is 7.88. The molecular weight excluding hydrogens is 332 g/mol. The van der Waals surface area contributed by atoms with Crippen molar-refractivity contribution in [1.29, 1.82) is 0 Å². The highest BCUT2D eigenvalue weighted by Crippen LogP contribution is 2.27. The Morgan fingerprint density at radius 1 is 1.36 bits per heavy atom. The molecule has 0 aliphatic rings. The van der Waals surface area contributed by atoms with Crippen molar-refractivity contribution >= 4 is 39.2 Å². The Morgan fingerprint density at radius 3 is 2.50 bits per heavy atom. The zero-order chi connectivity index (χ0) is 16.9. The molecule has 0 spiro atoms. The van der Waals surface area contributed by atoms with Gasteiger partial charge >= 0.3 is 5.97 Å². The van der Waals surface area contributed by atoms with Crippen LogP contribution in [0.1, 0.15) is 17.3 Å². The first-order valence-electron chi connectivity index (χ1n) is 6.26. The monoisotopic (exact) mass is 348 g/mol. The lowest BCUT2D eigenvalue weighted by Crippen LogP contribution is -2.37. The van der Waals surface area contributed by atoms with Crippen LogP contribution in [-0.2, 0) is 19.6 Å². The second-order valence-corrected chi connectivity index (χ2v) is 6.74. The molecule has 1 N–H and O–H groups in total. The molecule has 7 nitrogen and oxygen atoms in total. The lowest BCUT2D eigenvalue weighted by molar-refractivity contribution is -0.116. The number of halogens is 1. The van der Waals surface area contributed by atoms with E-state index in [2.05, 4.69) is 9.46 Å². The number of hydrogen-bond acceptors (Lipinski definition) is 5. The molecule has 22 heavy (non-hydrogen) atoms. The maximum atomic E-state index is 11.8. The fourth-order valence-corrected chi connectivity index (χ4v) is 2.44. The Labute approximate surface area is 134 Å². The van der Waals surface area contributed by atoms with Crippen LogP contribution in [0.4, 0.5) is 5.69 Å². The van der Waals surface area contributed by atoms with Crippen LogP contribution in [0.15, 0.2) is 18.2 Å². The van der Waals surface area contributed by atoms with Gasteiger partial charge in [0.25, 0.3) is 0 Å². The molecule has 0 heterocycles. The molecule has 1 aromatic carbocycles. The molecule has 0 unspecified atom stereocenters. The smallest absolute Gasteiger partial charge is 0.337 e. The zero-order valence-electron chi connectivity index (χ0n) is 12.4. The molecule has 0 aromatic heterocycles. The summed E-state index contributed by atoms with van der Waals surface area (Å²) >= 11 is 6.07. The van der Waals surface area contributed by atoms with E-state index >= 15 is 0 Å². The first kappa shape index (κ1) is 18.4. The van der Waals surface area contributed by atoms with Crippen molar-refractivity contribution in [1.82, 2.24) is 4.72 Å². The predicted octanol–water partition coefficient (Wildman–Crippen LogP) is 1.03. The van der Waals surface area contributed by atoms with Crippen LogP contribution in [0, 0.1) is 0 Å². The first-order valence-corrected chi connectivity index (χ1v) is 8.53. The van der Waals surface area contributed by atoms with Crippen LogP contribution in [0.2, 0.25) is 5.02 Å². The number of carbonyl (C=O) groups excluding carboxylic acids is 2. The fourth-order valence-electron chi connectivity index (χ4n) is 1.75. The maximum Gasteiger partial charge on any atom is 0.337 e. The largest absolute Gasteiger partial charge is 0.465 e. The van der Waals surface area contributed by atoms with Crippen molar-refractivity contribution in [3.05, 3.63) is 28.8 Å². The van der Waals surface area contributed by atoms with Crippen LogP contribution >= 0.6 is 11.6 Å². The van der Waals surface area contributed by atoms with E-state index in [9.17, 15) is 18.0 Å². The normalized spacial score (nSPS) is 11.1. The number of ether oxygens (including phenoxy) is 1. The van der Waals surface area contributed by atoms with Gasteiger partial charge in [0.2, 0.25) is 15.9 Å². The minimum atomic E-state index is -3.36. The summed E-state index contributed by atoms with van der Waals surface area (Å²) in [5, 5.41) is 0.266. The van der Waals surface area contributed by atoms with Crippen molar-refractivity contribution in [2.75, 3.05) is 31.4 Å². The highest BCUT2D eigenvalue weighted by atomic mass is 35.5. The Kier molecular flexibility index (Phi) is 6.34. The van der Waals surface area contributed by atoms with Gasteiger partial charge < -0.3 is 9.64 Å². The van der Waals surface area contributed by atoms with Crippen molar-refractivity contribution < 1.29 is 22.7 Å². The van der Waals surface area contributed by atoms with Gasteiger partial charge in [-0.15, -0.1) is 0 Å². The number of sulfonamides is 1. The van der Waals surface area contributed by atoms with E-state index in [1.54, 1.807) is 0 Å². The number of carbonyl (C=O) groups is 2. The summed E-state index contributed by atoms with van der Waals surface area (Å²) in [6, 6.07) is 4.38. The van der Waals surface area contributed by atoms with Crippen molar-refractivity contribution in [3.63, 3.8) is 0 Å². The van der Waals surface area contributed by atoms with E-state index in [1.165, 1.54) is 37.1 Å².